The summed E-state index contributed by atoms with van der Waals surface area (Å²) in [6.45, 7) is 1.66. The second-order valence-electron chi connectivity index (χ2n) is 4.35. The van der Waals surface area contributed by atoms with Gasteiger partial charge in [-0.05, 0) is 19.3 Å². The zero-order chi connectivity index (χ0) is 11.3. The molecule has 1 aliphatic rings. The van der Waals surface area contributed by atoms with Crippen LogP contribution in [0.4, 0.5) is 0 Å². The van der Waals surface area contributed by atoms with Crippen molar-refractivity contribution in [2.24, 2.45) is 5.92 Å². The first-order chi connectivity index (χ1) is 7.09. The third kappa shape index (κ3) is 4.89. The molecule has 1 rings (SSSR count). The van der Waals surface area contributed by atoms with Gasteiger partial charge >= 0.3 is 5.97 Å². The number of rotatable bonds is 6. The minimum absolute atomic E-state index is 0.333. The van der Waals surface area contributed by atoms with E-state index in [4.69, 9.17) is 5.11 Å². The topological polar surface area (TPSA) is 57.5 Å². The van der Waals surface area contributed by atoms with Gasteiger partial charge in [-0.15, -0.1) is 11.8 Å². The molecule has 0 radical (unpaired) electrons. The highest BCUT2D eigenvalue weighted by Gasteiger charge is 2.20. The maximum absolute atomic E-state index is 10.6. The maximum atomic E-state index is 10.6. The van der Waals surface area contributed by atoms with Crippen LogP contribution >= 0.6 is 11.8 Å². The summed E-state index contributed by atoms with van der Waals surface area (Å²) >= 11 is 1.33. The molecule has 4 heteroatoms. The van der Waals surface area contributed by atoms with E-state index in [9.17, 15) is 9.90 Å². The van der Waals surface area contributed by atoms with Gasteiger partial charge in [0.05, 0.1) is 11.4 Å². The number of aliphatic hydroxyl groups excluding tert-OH is 1. The van der Waals surface area contributed by atoms with Gasteiger partial charge < -0.3 is 10.2 Å². The lowest BCUT2D eigenvalue weighted by Crippen LogP contribution is -2.19. The Morgan fingerprint density at radius 1 is 1.47 bits per heavy atom. The minimum atomic E-state index is -0.798. The van der Waals surface area contributed by atoms with Crippen molar-refractivity contribution >= 4 is 17.7 Å². The zero-order valence-corrected chi connectivity index (χ0v) is 10.0. The van der Waals surface area contributed by atoms with Crippen molar-refractivity contribution in [2.75, 3.05) is 5.75 Å². The van der Waals surface area contributed by atoms with Gasteiger partial charge in [0.1, 0.15) is 0 Å². The van der Waals surface area contributed by atoms with Crippen LogP contribution in [0.3, 0.4) is 0 Å². The molecular weight excluding hydrogens is 212 g/mol. The first-order valence-electron chi connectivity index (χ1n) is 5.62. The van der Waals surface area contributed by atoms with Crippen LogP contribution in [0.1, 0.15) is 39.0 Å². The molecule has 2 N–H and O–H groups in total. The first-order valence-corrected chi connectivity index (χ1v) is 6.67. The fraction of sp³-hybridized carbons (Fsp3) is 0.909. The quantitative estimate of drug-likeness (QED) is 0.736. The maximum Gasteiger partial charge on any atom is 0.316 e. The number of carboxylic acids is 1. The molecule has 2 unspecified atom stereocenters. The van der Waals surface area contributed by atoms with Gasteiger partial charge in [0.25, 0.3) is 0 Å². The van der Waals surface area contributed by atoms with Crippen LogP contribution in [0.2, 0.25) is 0 Å². The molecule has 1 aliphatic carbocycles. The van der Waals surface area contributed by atoms with Crippen LogP contribution in [-0.4, -0.2) is 33.3 Å². The molecule has 0 aromatic rings. The number of hydrogen-bond donors (Lipinski definition) is 2. The summed E-state index contributed by atoms with van der Waals surface area (Å²) in [7, 11) is 0. The molecule has 0 heterocycles. The standard InChI is InChI=1S/C11H20O3S/c1-8(11(13)14)15-7-10(12)6-9-4-2-3-5-9/h8-10,12H,2-7H2,1H3,(H,13,14). The second-order valence-corrected chi connectivity index (χ2v) is 5.73. The van der Waals surface area contributed by atoms with Crippen molar-refractivity contribution < 1.29 is 15.0 Å². The first kappa shape index (κ1) is 12.8. The number of aliphatic hydroxyl groups is 1. The minimum Gasteiger partial charge on any atom is -0.480 e. The molecule has 0 aromatic heterocycles. The molecule has 0 saturated heterocycles. The number of hydrogen-bond acceptors (Lipinski definition) is 3. The summed E-state index contributed by atoms with van der Waals surface area (Å²) in [6, 6.07) is 0. The van der Waals surface area contributed by atoms with E-state index in [1.807, 2.05) is 0 Å². The molecule has 1 saturated carbocycles. The molecule has 0 amide bonds. The largest absolute Gasteiger partial charge is 0.480 e. The van der Waals surface area contributed by atoms with Crippen LogP contribution < -0.4 is 0 Å². The Kier molecular flexibility index (Phi) is 5.47. The van der Waals surface area contributed by atoms with Gasteiger partial charge in [-0.1, -0.05) is 25.7 Å². The van der Waals surface area contributed by atoms with E-state index in [1.165, 1.54) is 37.4 Å². The zero-order valence-electron chi connectivity index (χ0n) is 9.19. The summed E-state index contributed by atoms with van der Waals surface area (Å²) in [5.74, 6) is 0.415. The summed E-state index contributed by atoms with van der Waals surface area (Å²) in [5.41, 5.74) is 0. The van der Waals surface area contributed by atoms with E-state index in [0.29, 0.717) is 11.7 Å². The van der Waals surface area contributed by atoms with Crippen molar-refractivity contribution in [1.29, 1.82) is 0 Å². The molecular formula is C11H20O3S. The smallest absolute Gasteiger partial charge is 0.316 e. The SMILES string of the molecule is CC(SCC(O)CC1CCCC1)C(=O)O. The average Bonchev–Trinajstić information content (AvgIpc) is 2.66. The molecule has 0 aromatic carbocycles. The Hall–Kier alpha value is -0.220. The Balaban J connectivity index is 2.12. The van der Waals surface area contributed by atoms with Crippen LogP contribution in [0.15, 0.2) is 0 Å². The van der Waals surface area contributed by atoms with Crippen molar-refractivity contribution in [2.45, 2.75) is 50.4 Å². The highest BCUT2D eigenvalue weighted by atomic mass is 32.2. The van der Waals surface area contributed by atoms with Crippen molar-refractivity contribution in [1.82, 2.24) is 0 Å². The van der Waals surface area contributed by atoms with E-state index in [-0.39, 0.29) is 6.10 Å². The van der Waals surface area contributed by atoms with Gasteiger partial charge in [0.2, 0.25) is 0 Å². The van der Waals surface area contributed by atoms with E-state index in [1.54, 1.807) is 6.92 Å². The monoisotopic (exact) mass is 232 g/mol. The number of aliphatic carboxylic acids is 1. The van der Waals surface area contributed by atoms with Crippen LogP contribution in [0.5, 0.6) is 0 Å². The van der Waals surface area contributed by atoms with E-state index in [2.05, 4.69) is 0 Å². The lowest BCUT2D eigenvalue weighted by atomic mass is 10.0. The normalized spacial score (nSPS) is 21.5. The van der Waals surface area contributed by atoms with Crippen LogP contribution in [-0.2, 0) is 4.79 Å². The van der Waals surface area contributed by atoms with Crippen molar-refractivity contribution in [3.8, 4) is 0 Å². The predicted molar refractivity (Wildman–Crippen MR) is 62.1 cm³/mol. The molecule has 15 heavy (non-hydrogen) atoms. The fourth-order valence-electron chi connectivity index (χ4n) is 2.03. The molecule has 2 atom stereocenters. The number of thioether (sulfide) groups is 1. The Morgan fingerprint density at radius 2 is 2.07 bits per heavy atom. The average molecular weight is 232 g/mol. The van der Waals surface area contributed by atoms with E-state index >= 15 is 0 Å². The Morgan fingerprint density at radius 3 is 2.60 bits per heavy atom. The highest BCUT2D eigenvalue weighted by Crippen LogP contribution is 2.29. The fourth-order valence-corrected chi connectivity index (χ4v) is 2.82. The third-order valence-corrected chi connectivity index (χ3v) is 4.25. The summed E-state index contributed by atoms with van der Waals surface area (Å²) < 4.78 is 0. The van der Waals surface area contributed by atoms with Gasteiger partial charge in [0.15, 0.2) is 0 Å². The van der Waals surface area contributed by atoms with E-state index in [0.717, 1.165) is 6.42 Å². The second kappa shape index (κ2) is 6.38. The van der Waals surface area contributed by atoms with Gasteiger partial charge in [0, 0.05) is 5.75 Å². The summed E-state index contributed by atoms with van der Waals surface area (Å²) in [5, 5.41) is 18.0. The molecule has 1 fully saturated rings. The lowest BCUT2D eigenvalue weighted by Gasteiger charge is -2.15. The number of carbonyl (C=O) groups is 1. The number of carboxylic acid groups (broad SMARTS) is 1. The van der Waals surface area contributed by atoms with Gasteiger partial charge in [-0.3, -0.25) is 4.79 Å². The third-order valence-electron chi connectivity index (χ3n) is 2.97. The summed E-state index contributed by atoms with van der Waals surface area (Å²) in [6.07, 6.45) is 5.55. The van der Waals surface area contributed by atoms with E-state index < -0.39 is 11.2 Å². The highest BCUT2D eigenvalue weighted by molar-refractivity contribution is 8.00. The Bertz CT molecular complexity index is 202. The molecule has 0 spiro atoms. The van der Waals surface area contributed by atoms with Crippen molar-refractivity contribution in [3.05, 3.63) is 0 Å². The molecule has 3 nitrogen and oxygen atoms in total. The predicted octanol–water partition coefficient (Wildman–Crippen LogP) is 2.13. The summed E-state index contributed by atoms with van der Waals surface area (Å²) in [4.78, 5) is 10.6. The Labute approximate surface area is 95.3 Å². The molecule has 88 valence electrons. The van der Waals surface area contributed by atoms with Gasteiger partial charge in [-0.2, -0.15) is 0 Å². The van der Waals surface area contributed by atoms with Crippen molar-refractivity contribution in [3.63, 3.8) is 0 Å². The molecule has 0 aliphatic heterocycles. The lowest BCUT2D eigenvalue weighted by molar-refractivity contribution is -0.136. The van der Waals surface area contributed by atoms with Crippen LogP contribution in [0.25, 0.3) is 0 Å². The van der Waals surface area contributed by atoms with Crippen LogP contribution in [0, 0.1) is 5.92 Å². The molecule has 0 bridgehead atoms. The van der Waals surface area contributed by atoms with Gasteiger partial charge in [-0.25, -0.2) is 0 Å².